The van der Waals surface area contributed by atoms with E-state index < -0.39 is 0 Å². The van der Waals surface area contributed by atoms with Gasteiger partial charge in [0.2, 0.25) is 0 Å². The summed E-state index contributed by atoms with van der Waals surface area (Å²) in [6, 6.07) is 1.98. The van der Waals surface area contributed by atoms with Crippen molar-refractivity contribution in [3.05, 3.63) is 27.8 Å². The molecule has 1 rings (SSSR count). The van der Waals surface area contributed by atoms with Crippen LogP contribution in [0.3, 0.4) is 0 Å². The minimum atomic E-state index is 0.473. The predicted molar refractivity (Wildman–Crippen MR) is 78.8 cm³/mol. The summed E-state index contributed by atoms with van der Waals surface area (Å²) in [5.74, 6) is 1.46. The maximum absolute atomic E-state index is 6.30. The van der Waals surface area contributed by atoms with E-state index in [-0.39, 0.29) is 0 Å². The molecule has 1 aromatic carbocycles. The monoisotopic (exact) mass is 269 g/mol. The number of methoxy groups -OCH3 is 1. The average Bonchev–Trinajstić information content (AvgIpc) is 2.35. The summed E-state index contributed by atoms with van der Waals surface area (Å²) in [6.07, 6.45) is 3.20. The second-order valence-electron chi connectivity index (χ2n) is 4.78. The van der Waals surface area contributed by atoms with Gasteiger partial charge < -0.3 is 10.5 Å². The molecule has 0 amide bonds. The van der Waals surface area contributed by atoms with E-state index in [0.29, 0.717) is 5.92 Å². The maximum atomic E-state index is 6.30. The van der Waals surface area contributed by atoms with E-state index in [0.717, 1.165) is 47.7 Å². The molecule has 0 radical (unpaired) electrons. The Bertz CT molecular complexity index is 404. The lowest BCUT2D eigenvalue weighted by Crippen LogP contribution is -2.08. The molecule has 1 atom stereocenters. The predicted octanol–water partition coefficient (Wildman–Crippen LogP) is 4.20. The van der Waals surface area contributed by atoms with Crippen molar-refractivity contribution in [2.24, 2.45) is 5.73 Å². The van der Waals surface area contributed by atoms with Gasteiger partial charge in [-0.2, -0.15) is 0 Å². The largest absolute Gasteiger partial charge is 0.496 e. The normalized spacial score (nSPS) is 12.6. The molecule has 1 unspecified atom stereocenters. The summed E-state index contributed by atoms with van der Waals surface area (Å²) in [4.78, 5) is 0. The average molecular weight is 270 g/mol. The van der Waals surface area contributed by atoms with Crippen molar-refractivity contribution in [1.29, 1.82) is 0 Å². The Balaban J connectivity index is 3.25. The van der Waals surface area contributed by atoms with Gasteiger partial charge in [0.15, 0.2) is 0 Å². The summed E-state index contributed by atoms with van der Waals surface area (Å²) < 4.78 is 5.58. The standard InChI is InChI=1S/C15H24ClNO/c1-5-12(7-6-8-17)14-11(3)13(16)9-10(2)15(14)18-4/h9,12H,5-8,17H2,1-4H3. The van der Waals surface area contributed by atoms with E-state index in [1.165, 1.54) is 5.56 Å². The fourth-order valence-corrected chi connectivity index (χ4v) is 2.82. The molecular formula is C15H24ClNO. The highest BCUT2D eigenvalue weighted by Crippen LogP contribution is 2.40. The molecule has 0 aromatic heterocycles. The van der Waals surface area contributed by atoms with Crippen molar-refractivity contribution in [2.75, 3.05) is 13.7 Å². The van der Waals surface area contributed by atoms with E-state index in [9.17, 15) is 0 Å². The summed E-state index contributed by atoms with van der Waals surface area (Å²) in [6.45, 7) is 7.06. The molecule has 0 aliphatic heterocycles. The van der Waals surface area contributed by atoms with E-state index in [1.807, 2.05) is 13.0 Å². The van der Waals surface area contributed by atoms with Crippen LogP contribution in [0.4, 0.5) is 0 Å². The van der Waals surface area contributed by atoms with Gasteiger partial charge >= 0.3 is 0 Å². The van der Waals surface area contributed by atoms with Crippen LogP contribution in [-0.4, -0.2) is 13.7 Å². The first kappa shape index (κ1) is 15.3. The fraction of sp³-hybridized carbons (Fsp3) is 0.600. The topological polar surface area (TPSA) is 35.2 Å². The molecule has 0 aliphatic carbocycles. The third-order valence-corrected chi connectivity index (χ3v) is 3.96. The number of aryl methyl sites for hydroxylation is 1. The summed E-state index contributed by atoms with van der Waals surface area (Å²) in [5.41, 5.74) is 9.13. The molecule has 3 heteroatoms. The lowest BCUT2D eigenvalue weighted by Gasteiger charge is -2.23. The second-order valence-corrected chi connectivity index (χ2v) is 5.19. The zero-order valence-corrected chi connectivity index (χ0v) is 12.6. The van der Waals surface area contributed by atoms with Gasteiger partial charge in [-0.25, -0.2) is 0 Å². The highest BCUT2D eigenvalue weighted by molar-refractivity contribution is 6.31. The van der Waals surface area contributed by atoms with E-state index in [1.54, 1.807) is 7.11 Å². The Kier molecular flexibility index (Phi) is 5.97. The molecule has 0 fully saturated rings. The Morgan fingerprint density at radius 1 is 1.39 bits per heavy atom. The Hall–Kier alpha value is -0.730. The number of hydrogen-bond donors (Lipinski definition) is 1. The number of rotatable bonds is 6. The molecule has 0 bridgehead atoms. The SMILES string of the molecule is CCC(CCCN)c1c(C)c(Cl)cc(C)c1OC. The first-order chi connectivity index (χ1) is 8.56. The van der Waals surface area contributed by atoms with Crippen molar-refractivity contribution < 1.29 is 4.74 Å². The third kappa shape index (κ3) is 3.18. The zero-order valence-electron chi connectivity index (χ0n) is 11.8. The molecule has 2 nitrogen and oxygen atoms in total. The van der Waals surface area contributed by atoms with Crippen LogP contribution in [-0.2, 0) is 0 Å². The Morgan fingerprint density at radius 2 is 2.06 bits per heavy atom. The minimum absolute atomic E-state index is 0.473. The summed E-state index contributed by atoms with van der Waals surface area (Å²) in [5, 5.41) is 0.828. The fourth-order valence-electron chi connectivity index (χ4n) is 2.55. The number of hydrogen-bond acceptors (Lipinski definition) is 2. The van der Waals surface area contributed by atoms with Gasteiger partial charge in [-0.1, -0.05) is 18.5 Å². The molecule has 0 heterocycles. The number of ether oxygens (including phenoxy) is 1. The number of halogens is 1. The van der Waals surface area contributed by atoms with Crippen LogP contribution in [0.2, 0.25) is 5.02 Å². The van der Waals surface area contributed by atoms with Crippen LogP contribution >= 0.6 is 11.6 Å². The minimum Gasteiger partial charge on any atom is -0.496 e. The lowest BCUT2D eigenvalue weighted by atomic mass is 9.87. The van der Waals surface area contributed by atoms with Crippen LogP contribution in [0.1, 0.15) is 48.8 Å². The van der Waals surface area contributed by atoms with E-state index in [4.69, 9.17) is 22.1 Å². The smallest absolute Gasteiger partial charge is 0.125 e. The molecular weight excluding hydrogens is 246 g/mol. The number of benzene rings is 1. The summed E-state index contributed by atoms with van der Waals surface area (Å²) in [7, 11) is 1.73. The molecule has 18 heavy (non-hydrogen) atoms. The van der Waals surface area contributed by atoms with Gasteiger partial charge in [-0.05, 0) is 62.8 Å². The molecule has 1 aromatic rings. The first-order valence-electron chi connectivity index (χ1n) is 6.60. The van der Waals surface area contributed by atoms with Crippen LogP contribution in [0.15, 0.2) is 6.07 Å². The molecule has 2 N–H and O–H groups in total. The third-order valence-electron chi connectivity index (χ3n) is 3.57. The van der Waals surface area contributed by atoms with Crippen LogP contribution in [0.5, 0.6) is 5.75 Å². The second kappa shape index (κ2) is 7.01. The zero-order chi connectivity index (χ0) is 13.7. The van der Waals surface area contributed by atoms with Crippen LogP contribution in [0, 0.1) is 13.8 Å². The van der Waals surface area contributed by atoms with Gasteiger partial charge in [0.25, 0.3) is 0 Å². The highest BCUT2D eigenvalue weighted by Gasteiger charge is 2.20. The maximum Gasteiger partial charge on any atom is 0.125 e. The van der Waals surface area contributed by atoms with E-state index >= 15 is 0 Å². The van der Waals surface area contributed by atoms with E-state index in [2.05, 4.69) is 13.8 Å². The van der Waals surface area contributed by atoms with Gasteiger partial charge in [-0.15, -0.1) is 0 Å². The first-order valence-corrected chi connectivity index (χ1v) is 6.98. The highest BCUT2D eigenvalue weighted by atomic mass is 35.5. The van der Waals surface area contributed by atoms with Crippen molar-refractivity contribution in [3.63, 3.8) is 0 Å². The molecule has 0 saturated carbocycles. The van der Waals surface area contributed by atoms with Crippen molar-refractivity contribution in [3.8, 4) is 5.75 Å². The van der Waals surface area contributed by atoms with Crippen molar-refractivity contribution in [2.45, 2.75) is 46.0 Å². The van der Waals surface area contributed by atoms with Gasteiger partial charge in [0.05, 0.1) is 7.11 Å². The number of nitrogens with two attached hydrogens (primary N) is 1. The quantitative estimate of drug-likeness (QED) is 0.840. The molecule has 102 valence electrons. The molecule has 0 aliphatic rings. The summed E-state index contributed by atoms with van der Waals surface area (Å²) >= 11 is 6.30. The van der Waals surface area contributed by atoms with Crippen molar-refractivity contribution >= 4 is 11.6 Å². The van der Waals surface area contributed by atoms with Gasteiger partial charge in [0.1, 0.15) is 5.75 Å². The Morgan fingerprint density at radius 3 is 2.56 bits per heavy atom. The van der Waals surface area contributed by atoms with Crippen LogP contribution in [0.25, 0.3) is 0 Å². The van der Waals surface area contributed by atoms with Crippen molar-refractivity contribution in [1.82, 2.24) is 0 Å². The Labute approximate surface area is 115 Å². The lowest BCUT2D eigenvalue weighted by molar-refractivity contribution is 0.398. The molecule has 0 spiro atoms. The van der Waals surface area contributed by atoms with Gasteiger partial charge in [-0.3, -0.25) is 0 Å². The van der Waals surface area contributed by atoms with Crippen LogP contribution < -0.4 is 10.5 Å². The van der Waals surface area contributed by atoms with Gasteiger partial charge in [0, 0.05) is 10.6 Å². The molecule has 0 saturated heterocycles.